The van der Waals surface area contributed by atoms with Crippen molar-refractivity contribution in [3.8, 4) is 0 Å². The summed E-state index contributed by atoms with van der Waals surface area (Å²) in [6.07, 6.45) is -2.27. The van der Waals surface area contributed by atoms with Crippen LogP contribution in [0.25, 0.3) is 0 Å². The van der Waals surface area contributed by atoms with Crippen molar-refractivity contribution in [1.29, 1.82) is 0 Å². The topological polar surface area (TPSA) is 60.9 Å². The molecule has 0 saturated carbocycles. The minimum absolute atomic E-state index is 0.228. The Morgan fingerprint density at radius 2 is 1.32 bits per heavy atom. The number of piperidine rings is 1. The van der Waals surface area contributed by atoms with Crippen LogP contribution in [-0.4, -0.2) is 59.1 Å². The third-order valence-corrected chi connectivity index (χ3v) is 6.66. The molecule has 0 atom stereocenters. The highest BCUT2D eigenvalue weighted by atomic mass is 35.5. The second-order valence-corrected chi connectivity index (χ2v) is 9.63. The molecule has 2 heterocycles. The quantitative estimate of drug-likeness (QED) is 0.599. The highest BCUT2D eigenvalue weighted by molar-refractivity contribution is 6.30. The van der Waals surface area contributed by atoms with E-state index in [4.69, 9.17) is 33.1 Å². The normalized spacial score (nSPS) is 17.5. The zero-order valence-electron chi connectivity index (χ0n) is 18.3. The Kier molecular flexibility index (Phi) is 8.49. The van der Waals surface area contributed by atoms with Gasteiger partial charge in [0.2, 0.25) is 5.91 Å². The number of alkyl halides is 3. The van der Waals surface area contributed by atoms with Gasteiger partial charge < -0.3 is 10.0 Å². The first-order valence-electron chi connectivity index (χ1n) is 10.7. The lowest BCUT2D eigenvalue weighted by Gasteiger charge is -2.54. The van der Waals surface area contributed by atoms with E-state index < -0.39 is 12.1 Å². The summed E-state index contributed by atoms with van der Waals surface area (Å²) in [5.74, 6) is -2.53. The van der Waals surface area contributed by atoms with Crippen LogP contribution < -0.4 is 0 Å². The van der Waals surface area contributed by atoms with Crippen molar-refractivity contribution in [2.24, 2.45) is 5.41 Å². The first-order chi connectivity index (χ1) is 16.0. The summed E-state index contributed by atoms with van der Waals surface area (Å²) in [5.41, 5.74) is 2.68. The number of nitrogens with zero attached hydrogens (tertiary/aromatic N) is 2. The molecule has 0 aromatic heterocycles. The number of carboxylic acid groups (broad SMARTS) is 1. The maximum absolute atomic E-state index is 12.5. The smallest absolute Gasteiger partial charge is 0.475 e. The van der Waals surface area contributed by atoms with Crippen molar-refractivity contribution in [3.63, 3.8) is 0 Å². The molecule has 2 aromatic carbocycles. The molecule has 2 aromatic rings. The number of benzene rings is 2. The second-order valence-electron chi connectivity index (χ2n) is 8.76. The maximum atomic E-state index is 12.5. The van der Waals surface area contributed by atoms with Gasteiger partial charge in [-0.15, -0.1) is 0 Å². The largest absolute Gasteiger partial charge is 0.490 e. The Labute approximate surface area is 206 Å². The summed E-state index contributed by atoms with van der Waals surface area (Å²) in [7, 11) is 0. The van der Waals surface area contributed by atoms with Crippen molar-refractivity contribution in [1.82, 2.24) is 9.80 Å². The van der Waals surface area contributed by atoms with E-state index in [1.54, 1.807) is 0 Å². The predicted molar refractivity (Wildman–Crippen MR) is 124 cm³/mol. The van der Waals surface area contributed by atoms with E-state index in [0.717, 1.165) is 43.3 Å². The van der Waals surface area contributed by atoms with Crippen LogP contribution in [0.1, 0.15) is 24.0 Å². The third kappa shape index (κ3) is 7.35. The van der Waals surface area contributed by atoms with Gasteiger partial charge in [0.1, 0.15) is 0 Å². The number of carboxylic acids is 1. The van der Waals surface area contributed by atoms with E-state index in [9.17, 15) is 18.0 Å². The molecule has 5 nitrogen and oxygen atoms in total. The first kappa shape index (κ1) is 26.3. The van der Waals surface area contributed by atoms with Gasteiger partial charge in [0, 0.05) is 35.1 Å². The SMILES string of the molecule is O=C(Cc1ccc(Cl)cc1)N1CC2(CCN(Cc3ccc(Cl)cc3)CC2)C1.O=C(O)C(F)(F)F. The number of halogens is 5. The molecule has 2 aliphatic heterocycles. The number of aliphatic carboxylic acids is 1. The Morgan fingerprint density at radius 1 is 0.882 bits per heavy atom. The molecule has 34 heavy (non-hydrogen) atoms. The van der Waals surface area contributed by atoms with Gasteiger partial charge in [-0.1, -0.05) is 47.5 Å². The number of carbonyl (C=O) groups is 2. The molecule has 2 aliphatic rings. The van der Waals surface area contributed by atoms with Crippen LogP contribution in [0, 0.1) is 5.41 Å². The summed E-state index contributed by atoms with van der Waals surface area (Å²) in [5, 5.41) is 8.62. The van der Waals surface area contributed by atoms with Gasteiger partial charge >= 0.3 is 12.1 Å². The summed E-state index contributed by atoms with van der Waals surface area (Å²) >= 11 is 11.9. The van der Waals surface area contributed by atoms with Gasteiger partial charge in [-0.05, 0) is 61.3 Å². The Balaban J connectivity index is 0.000000406. The molecule has 0 unspecified atom stereocenters. The minimum Gasteiger partial charge on any atom is -0.475 e. The molecule has 1 spiro atoms. The fourth-order valence-electron chi connectivity index (χ4n) is 4.18. The van der Waals surface area contributed by atoms with E-state index in [1.807, 2.05) is 41.3 Å². The summed E-state index contributed by atoms with van der Waals surface area (Å²) in [4.78, 5) is 25.9. The van der Waals surface area contributed by atoms with Gasteiger partial charge in [0.25, 0.3) is 0 Å². The zero-order valence-corrected chi connectivity index (χ0v) is 19.8. The molecule has 184 valence electrons. The van der Waals surface area contributed by atoms with Crippen LogP contribution in [0.3, 0.4) is 0 Å². The number of amides is 1. The Bertz CT molecular complexity index is 982. The first-order valence-corrected chi connectivity index (χ1v) is 11.5. The van der Waals surface area contributed by atoms with Crippen molar-refractivity contribution >= 4 is 35.1 Å². The molecule has 2 fully saturated rings. The Hall–Kier alpha value is -2.29. The standard InChI is InChI=1S/C22H24Cl2N2O.C2HF3O2/c23-19-5-1-17(2-6-19)13-21(27)26-15-22(16-26)9-11-25(12-10-22)14-18-3-7-20(24)8-4-18;3-2(4,5)1(6)7/h1-8H,9-16H2;(H,6,7). The minimum atomic E-state index is -5.08. The molecule has 10 heteroatoms. The number of carbonyl (C=O) groups excluding carboxylic acids is 1. The third-order valence-electron chi connectivity index (χ3n) is 6.15. The fraction of sp³-hybridized carbons (Fsp3) is 0.417. The lowest BCUT2D eigenvalue weighted by Crippen LogP contribution is -2.62. The van der Waals surface area contributed by atoms with Crippen LogP contribution >= 0.6 is 23.2 Å². The maximum Gasteiger partial charge on any atom is 0.490 e. The highest BCUT2D eigenvalue weighted by Gasteiger charge is 2.46. The number of hydrogen-bond donors (Lipinski definition) is 1. The van der Waals surface area contributed by atoms with E-state index in [2.05, 4.69) is 17.0 Å². The van der Waals surface area contributed by atoms with Crippen LogP contribution in [0.5, 0.6) is 0 Å². The molecule has 0 radical (unpaired) electrons. The summed E-state index contributed by atoms with van der Waals surface area (Å²) in [6.45, 7) is 5.00. The van der Waals surface area contributed by atoms with Gasteiger partial charge in [0.15, 0.2) is 0 Å². The molecular formula is C24H25Cl2F3N2O3. The average Bonchev–Trinajstić information content (AvgIpc) is 2.76. The summed E-state index contributed by atoms with van der Waals surface area (Å²) in [6, 6.07) is 15.7. The number of likely N-dealkylation sites (tertiary alicyclic amines) is 2. The lowest BCUT2D eigenvalue weighted by atomic mass is 9.71. The van der Waals surface area contributed by atoms with Crippen molar-refractivity contribution in [2.45, 2.75) is 32.0 Å². The monoisotopic (exact) mass is 516 g/mol. The molecule has 1 N–H and O–H groups in total. The Morgan fingerprint density at radius 3 is 1.76 bits per heavy atom. The molecule has 2 saturated heterocycles. The van der Waals surface area contributed by atoms with E-state index in [1.165, 1.54) is 18.4 Å². The highest BCUT2D eigenvalue weighted by Crippen LogP contribution is 2.41. The molecular weight excluding hydrogens is 492 g/mol. The number of hydrogen-bond acceptors (Lipinski definition) is 3. The number of rotatable bonds is 4. The van der Waals surface area contributed by atoms with Crippen molar-refractivity contribution in [3.05, 3.63) is 69.7 Å². The second kappa shape index (κ2) is 11.0. The van der Waals surface area contributed by atoms with Gasteiger partial charge in [-0.25, -0.2) is 4.79 Å². The van der Waals surface area contributed by atoms with Crippen LogP contribution in [0.2, 0.25) is 10.0 Å². The molecule has 1 amide bonds. The fourth-order valence-corrected chi connectivity index (χ4v) is 4.43. The van der Waals surface area contributed by atoms with Gasteiger partial charge in [0.05, 0.1) is 6.42 Å². The van der Waals surface area contributed by atoms with E-state index in [-0.39, 0.29) is 5.91 Å². The van der Waals surface area contributed by atoms with Crippen LogP contribution in [0.4, 0.5) is 13.2 Å². The van der Waals surface area contributed by atoms with E-state index in [0.29, 0.717) is 16.9 Å². The van der Waals surface area contributed by atoms with Crippen LogP contribution in [-0.2, 0) is 22.6 Å². The molecule has 0 aliphatic carbocycles. The molecule has 4 rings (SSSR count). The lowest BCUT2D eigenvalue weighted by molar-refractivity contribution is -0.192. The van der Waals surface area contributed by atoms with Gasteiger partial charge in [-0.3, -0.25) is 9.69 Å². The summed E-state index contributed by atoms with van der Waals surface area (Å²) < 4.78 is 31.7. The van der Waals surface area contributed by atoms with E-state index >= 15 is 0 Å². The predicted octanol–water partition coefficient (Wildman–Crippen LogP) is 5.29. The van der Waals surface area contributed by atoms with Gasteiger partial charge in [-0.2, -0.15) is 13.2 Å². The van der Waals surface area contributed by atoms with Crippen molar-refractivity contribution < 1.29 is 27.9 Å². The van der Waals surface area contributed by atoms with Crippen molar-refractivity contribution in [2.75, 3.05) is 26.2 Å². The van der Waals surface area contributed by atoms with Crippen LogP contribution in [0.15, 0.2) is 48.5 Å². The molecule has 0 bridgehead atoms. The average molecular weight is 517 g/mol. The zero-order chi connectivity index (χ0) is 24.9.